The summed E-state index contributed by atoms with van der Waals surface area (Å²) in [5.74, 6) is -1.08. The van der Waals surface area contributed by atoms with Gasteiger partial charge in [-0.1, -0.05) is 171 Å². The van der Waals surface area contributed by atoms with E-state index < -0.39 is 12.1 Å². The van der Waals surface area contributed by atoms with Gasteiger partial charge in [-0.25, -0.2) is 0 Å². The fraction of sp³-hybridized carbons (Fsp3) is 0.681. The standard InChI is InChI=1S/C47H78O6/c1-4-7-10-13-15-17-19-21-23-25-27-29-31-34-37-40-46(49)52-43-44(42-51-45(48)39-36-33-12-9-6-3)53-47(50)41-38-35-32-30-28-26-24-22-20-18-16-14-11-8-5-2/h7,10,15,17,21-24,27,29,34,37,44H,4-6,8-9,11-14,16,18-20,25-26,28,30-33,35-36,38-43H2,1-3H3/b10-7-,17-15-,23-21-,24-22-,29-27-,37-34-. The van der Waals surface area contributed by atoms with Crippen LogP contribution in [0.4, 0.5) is 0 Å². The van der Waals surface area contributed by atoms with Gasteiger partial charge in [0.25, 0.3) is 0 Å². The van der Waals surface area contributed by atoms with Gasteiger partial charge in [-0.05, 0) is 70.6 Å². The van der Waals surface area contributed by atoms with E-state index in [0.29, 0.717) is 12.8 Å². The highest BCUT2D eigenvalue weighted by Crippen LogP contribution is 2.12. The maximum absolute atomic E-state index is 12.6. The molecule has 0 aromatic heterocycles. The van der Waals surface area contributed by atoms with Crippen molar-refractivity contribution in [2.75, 3.05) is 13.2 Å². The van der Waals surface area contributed by atoms with Crippen molar-refractivity contribution in [2.45, 2.75) is 194 Å². The van der Waals surface area contributed by atoms with Crippen molar-refractivity contribution in [3.8, 4) is 0 Å². The van der Waals surface area contributed by atoms with Gasteiger partial charge < -0.3 is 14.2 Å². The Bertz CT molecular complexity index is 1030. The zero-order valence-electron chi connectivity index (χ0n) is 34.3. The molecular weight excluding hydrogens is 661 g/mol. The molecule has 0 aromatic carbocycles. The van der Waals surface area contributed by atoms with Crippen LogP contribution in [0.25, 0.3) is 0 Å². The van der Waals surface area contributed by atoms with Crippen LogP contribution < -0.4 is 0 Å². The van der Waals surface area contributed by atoms with E-state index in [1.807, 2.05) is 6.08 Å². The molecule has 0 bridgehead atoms. The van der Waals surface area contributed by atoms with E-state index in [4.69, 9.17) is 14.2 Å². The molecule has 0 heterocycles. The monoisotopic (exact) mass is 739 g/mol. The molecule has 0 saturated heterocycles. The van der Waals surface area contributed by atoms with Gasteiger partial charge in [0.15, 0.2) is 6.10 Å². The predicted octanol–water partition coefficient (Wildman–Crippen LogP) is 13.5. The number of allylic oxidation sites excluding steroid dienone is 11. The van der Waals surface area contributed by atoms with Crippen LogP contribution in [0, 0.1) is 0 Å². The molecule has 0 aliphatic rings. The summed E-state index contributed by atoms with van der Waals surface area (Å²) in [6.07, 6.45) is 50.8. The number of ether oxygens (including phenoxy) is 3. The second-order valence-corrected chi connectivity index (χ2v) is 13.9. The summed E-state index contributed by atoms with van der Waals surface area (Å²) in [6.45, 7) is 6.31. The number of esters is 3. The van der Waals surface area contributed by atoms with E-state index in [9.17, 15) is 14.4 Å². The van der Waals surface area contributed by atoms with Crippen molar-refractivity contribution in [1.82, 2.24) is 0 Å². The molecule has 53 heavy (non-hydrogen) atoms. The van der Waals surface area contributed by atoms with Crippen LogP contribution in [-0.4, -0.2) is 37.2 Å². The van der Waals surface area contributed by atoms with E-state index >= 15 is 0 Å². The highest BCUT2D eigenvalue weighted by molar-refractivity contribution is 5.72. The summed E-state index contributed by atoms with van der Waals surface area (Å²) in [6, 6.07) is 0. The maximum Gasteiger partial charge on any atom is 0.309 e. The Morgan fingerprint density at radius 3 is 1.30 bits per heavy atom. The van der Waals surface area contributed by atoms with Crippen LogP contribution in [0.1, 0.15) is 188 Å². The van der Waals surface area contributed by atoms with Crippen molar-refractivity contribution in [3.63, 3.8) is 0 Å². The number of carbonyl (C=O) groups excluding carboxylic acids is 3. The second-order valence-electron chi connectivity index (χ2n) is 13.9. The van der Waals surface area contributed by atoms with Crippen LogP contribution in [-0.2, 0) is 28.6 Å². The minimum Gasteiger partial charge on any atom is -0.462 e. The predicted molar refractivity (Wildman–Crippen MR) is 224 cm³/mol. The topological polar surface area (TPSA) is 78.9 Å². The van der Waals surface area contributed by atoms with E-state index in [2.05, 4.69) is 81.5 Å². The molecule has 1 atom stereocenters. The van der Waals surface area contributed by atoms with Gasteiger partial charge in [0.05, 0.1) is 6.42 Å². The third-order valence-corrected chi connectivity index (χ3v) is 8.73. The Morgan fingerprint density at radius 1 is 0.415 bits per heavy atom. The number of unbranched alkanes of at least 4 members (excludes halogenated alkanes) is 15. The Labute approximate surface area is 325 Å². The lowest BCUT2D eigenvalue weighted by Gasteiger charge is -2.18. The summed E-state index contributed by atoms with van der Waals surface area (Å²) in [4.78, 5) is 37.3. The summed E-state index contributed by atoms with van der Waals surface area (Å²) in [5, 5.41) is 0. The molecular formula is C47H78O6. The van der Waals surface area contributed by atoms with Crippen LogP contribution >= 0.6 is 0 Å². The molecule has 1 unspecified atom stereocenters. The van der Waals surface area contributed by atoms with Crippen molar-refractivity contribution in [2.24, 2.45) is 0 Å². The molecule has 0 fully saturated rings. The molecule has 0 aliphatic carbocycles. The minimum absolute atomic E-state index is 0.110. The summed E-state index contributed by atoms with van der Waals surface area (Å²) in [7, 11) is 0. The van der Waals surface area contributed by atoms with Gasteiger partial charge in [0.1, 0.15) is 13.2 Å². The van der Waals surface area contributed by atoms with Crippen LogP contribution in [0.15, 0.2) is 72.9 Å². The first-order chi connectivity index (χ1) is 26.0. The van der Waals surface area contributed by atoms with Gasteiger partial charge in [-0.3, -0.25) is 14.4 Å². The first-order valence-corrected chi connectivity index (χ1v) is 21.4. The first-order valence-electron chi connectivity index (χ1n) is 21.4. The summed E-state index contributed by atoms with van der Waals surface area (Å²) >= 11 is 0. The number of carbonyl (C=O) groups is 3. The molecule has 6 nitrogen and oxygen atoms in total. The molecule has 0 spiro atoms. The Morgan fingerprint density at radius 2 is 0.811 bits per heavy atom. The third kappa shape index (κ3) is 39.9. The Hall–Kier alpha value is -3.15. The van der Waals surface area contributed by atoms with Crippen molar-refractivity contribution in [1.29, 1.82) is 0 Å². The average Bonchev–Trinajstić information content (AvgIpc) is 3.15. The zero-order chi connectivity index (χ0) is 38.7. The molecule has 0 amide bonds. The van der Waals surface area contributed by atoms with Crippen LogP contribution in [0.2, 0.25) is 0 Å². The second kappa shape index (κ2) is 41.6. The fourth-order valence-electron chi connectivity index (χ4n) is 5.51. The molecule has 0 aliphatic heterocycles. The van der Waals surface area contributed by atoms with Gasteiger partial charge >= 0.3 is 17.9 Å². The highest BCUT2D eigenvalue weighted by Gasteiger charge is 2.19. The van der Waals surface area contributed by atoms with Gasteiger partial charge in [0.2, 0.25) is 0 Å². The maximum atomic E-state index is 12.6. The lowest BCUT2D eigenvalue weighted by Crippen LogP contribution is -2.30. The Kier molecular flexibility index (Phi) is 39.1. The molecule has 0 aromatic rings. The highest BCUT2D eigenvalue weighted by atomic mass is 16.6. The lowest BCUT2D eigenvalue weighted by atomic mass is 10.1. The van der Waals surface area contributed by atoms with E-state index in [1.165, 1.54) is 51.4 Å². The van der Waals surface area contributed by atoms with Crippen molar-refractivity contribution >= 4 is 17.9 Å². The molecule has 0 N–H and O–H groups in total. The largest absolute Gasteiger partial charge is 0.462 e. The average molecular weight is 739 g/mol. The number of hydrogen-bond donors (Lipinski definition) is 0. The van der Waals surface area contributed by atoms with E-state index in [1.54, 1.807) is 6.08 Å². The van der Waals surface area contributed by atoms with E-state index in [-0.39, 0.29) is 31.6 Å². The zero-order valence-corrected chi connectivity index (χ0v) is 34.3. The van der Waals surface area contributed by atoms with Crippen LogP contribution in [0.5, 0.6) is 0 Å². The van der Waals surface area contributed by atoms with Gasteiger partial charge in [-0.15, -0.1) is 0 Å². The lowest BCUT2D eigenvalue weighted by molar-refractivity contribution is -0.166. The molecule has 6 heteroatoms. The van der Waals surface area contributed by atoms with Crippen molar-refractivity contribution in [3.05, 3.63) is 72.9 Å². The smallest absolute Gasteiger partial charge is 0.309 e. The number of hydrogen-bond acceptors (Lipinski definition) is 6. The summed E-state index contributed by atoms with van der Waals surface area (Å²) < 4.78 is 16.5. The van der Waals surface area contributed by atoms with Crippen molar-refractivity contribution < 1.29 is 28.6 Å². The van der Waals surface area contributed by atoms with Crippen LogP contribution in [0.3, 0.4) is 0 Å². The molecule has 0 saturated carbocycles. The fourth-order valence-corrected chi connectivity index (χ4v) is 5.51. The third-order valence-electron chi connectivity index (χ3n) is 8.73. The molecule has 302 valence electrons. The first kappa shape index (κ1) is 49.9. The minimum atomic E-state index is -0.813. The normalized spacial score (nSPS) is 12.7. The Balaban J connectivity index is 4.41. The van der Waals surface area contributed by atoms with Gasteiger partial charge in [0, 0.05) is 12.8 Å². The SMILES string of the molecule is CC/C=C\C/C=C\C/C=C\C/C=C\C/C=C\CC(=O)OCC(COC(=O)CCCCCCC)OC(=O)CCCCCCC/C=C\CCCCCCCC. The van der Waals surface area contributed by atoms with Gasteiger partial charge in [-0.2, -0.15) is 0 Å². The molecule has 0 radical (unpaired) electrons. The molecule has 0 rings (SSSR count). The quantitative estimate of drug-likeness (QED) is 0.0273. The number of rotatable bonds is 37. The summed E-state index contributed by atoms with van der Waals surface area (Å²) in [5.41, 5.74) is 0. The van der Waals surface area contributed by atoms with E-state index in [0.717, 1.165) is 96.3 Å².